The minimum Gasteiger partial charge on any atom is -0.507 e. The Labute approximate surface area is 195 Å². The molecule has 0 fully saturated rings. The fraction of sp³-hybridized carbons (Fsp3) is 0.0417. The third-order valence-electron chi connectivity index (χ3n) is 5.61. The number of aromatic nitrogens is 2. The molecule has 7 nitrogen and oxygen atoms in total. The van der Waals surface area contributed by atoms with Crippen LogP contribution in [-0.4, -0.2) is 33.2 Å². The largest absolute Gasteiger partial charge is 0.507 e. The van der Waals surface area contributed by atoms with E-state index in [1.807, 2.05) is 0 Å². The first-order valence-electron chi connectivity index (χ1n) is 10.1. The van der Waals surface area contributed by atoms with Crippen molar-refractivity contribution in [3.63, 3.8) is 0 Å². The van der Waals surface area contributed by atoms with Gasteiger partial charge in [0.2, 0.25) is 0 Å². The lowest BCUT2D eigenvalue weighted by atomic mass is 9.99. The number of rotatable bonds is 3. The van der Waals surface area contributed by atoms with Gasteiger partial charge in [-0.2, -0.15) is 21.6 Å². The fourth-order valence-electron chi connectivity index (χ4n) is 3.99. The van der Waals surface area contributed by atoms with Gasteiger partial charge in [0.15, 0.2) is 0 Å². The molecular weight excluding hydrogens is 485 g/mol. The van der Waals surface area contributed by atoms with Crippen molar-refractivity contribution >= 4 is 31.9 Å². The maximum Gasteiger partial charge on any atom is 0.416 e. The summed E-state index contributed by atoms with van der Waals surface area (Å²) in [7, 11) is -4.55. The van der Waals surface area contributed by atoms with Gasteiger partial charge in [-0.05, 0) is 41.3 Å². The number of aromatic hydroxyl groups is 2. The van der Waals surface area contributed by atoms with E-state index in [0.29, 0.717) is 10.9 Å². The summed E-state index contributed by atoms with van der Waals surface area (Å²) in [5, 5.41) is 21.9. The lowest BCUT2D eigenvalue weighted by Gasteiger charge is -2.11. The Morgan fingerprint density at radius 3 is 2.31 bits per heavy atom. The molecule has 4 N–H and O–H groups in total. The second-order valence-electron chi connectivity index (χ2n) is 7.84. The number of phenolic OH excluding ortho intramolecular Hbond substituents is 2. The highest BCUT2D eigenvalue weighted by atomic mass is 32.2. The Balaban J connectivity index is 1.67. The zero-order valence-corrected chi connectivity index (χ0v) is 18.3. The van der Waals surface area contributed by atoms with Gasteiger partial charge in [-0.3, -0.25) is 4.55 Å². The van der Waals surface area contributed by atoms with E-state index in [4.69, 9.17) is 0 Å². The van der Waals surface area contributed by atoms with Crippen molar-refractivity contribution in [2.24, 2.45) is 0 Å². The highest BCUT2D eigenvalue weighted by molar-refractivity contribution is 7.85. The molecule has 1 heterocycles. The van der Waals surface area contributed by atoms with E-state index in [0.717, 1.165) is 18.2 Å². The van der Waals surface area contributed by atoms with Gasteiger partial charge >= 0.3 is 6.18 Å². The van der Waals surface area contributed by atoms with Crippen LogP contribution in [0.4, 0.5) is 13.2 Å². The van der Waals surface area contributed by atoms with Crippen LogP contribution in [-0.2, 0) is 16.3 Å². The second-order valence-corrected chi connectivity index (χ2v) is 9.26. The molecule has 0 amide bonds. The van der Waals surface area contributed by atoms with Gasteiger partial charge in [0.25, 0.3) is 10.1 Å². The van der Waals surface area contributed by atoms with Crippen molar-refractivity contribution in [1.29, 1.82) is 0 Å². The lowest BCUT2D eigenvalue weighted by molar-refractivity contribution is -0.137. The Hall–Kier alpha value is -4.09. The van der Waals surface area contributed by atoms with Gasteiger partial charge < -0.3 is 15.2 Å². The van der Waals surface area contributed by atoms with Crippen LogP contribution in [0.5, 0.6) is 11.5 Å². The van der Waals surface area contributed by atoms with Crippen LogP contribution in [0.2, 0.25) is 0 Å². The number of H-pyrrole nitrogens is 1. The summed E-state index contributed by atoms with van der Waals surface area (Å²) in [6.07, 6.45) is -4.54. The average molecular weight is 500 g/mol. The average Bonchev–Trinajstić information content (AvgIpc) is 3.22. The molecule has 5 aromatic rings. The van der Waals surface area contributed by atoms with Crippen molar-refractivity contribution in [2.45, 2.75) is 11.1 Å². The van der Waals surface area contributed by atoms with Crippen LogP contribution >= 0.6 is 0 Å². The van der Waals surface area contributed by atoms with E-state index in [1.54, 1.807) is 12.1 Å². The van der Waals surface area contributed by atoms with Gasteiger partial charge in [-0.15, -0.1) is 0 Å². The second kappa shape index (κ2) is 7.72. The van der Waals surface area contributed by atoms with Crippen molar-refractivity contribution in [2.75, 3.05) is 0 Å². The number of halogens is 3. The van der Waals surface area contributed by atoms with Crippen LogP contribution in [0.1, 0.15) is 5.56 Å². The maximum atomic E-state index is 13.2. The predicted molar refractivity (Wildman–Crippen MR) is 123 cm³/mol. The van der Waals surface area contributed by atoms with Gasteiger partial charge in [-0.1, -0.05) is 30.3 Å². The summed E-state index contributed by atoms with van der Waals surface area (Å²) >= 11 is 0. The van der Waals surface area contributed by atoms with Crippen molar-refractivity contribution < 1.29 is 36.4 Å². The van der Waals surface area contributed by atoms with Gasteiger partial charge in [0.1, 0.15) is 22.8 Å². The number of hydrogen-bond donors (Lipinski definition) is 4. The molecular formula is C24H15F3N2O5S. The van der Waals surface area contributed by atoms with E-state index in [-0.39, 0.29) is 39.2 Å². The Bertz CT molecular complexity index is 1740. The topological polar surface area (TPSA) is 124 Å². The molecule has 0 saturated carbocycles. The van der Waals surface area contributed by atoms with Gasteiger partial charge in [-0.25, -0.2) is 4.98 Å². The van der Waals surface area contributed by atoms with Crippen LogP contribution in [0.15, 0.2) is 71.6 Å². The smallest absolute Gasteiger partial charge is 0.416 e. The number of alkyl halides is 3. The number of imidazole rings is 1. The lowest BCUT2D eigenvalue weighted by Crippen LogP contribution is -2.04. The predicted octanol–water partition coefficient (Wildman–Crippen LogP) is 5.73. The van der Waals surface area contributed by atoms with E-state index in [2.05, 4.69) is 9.97 Å². The quantitative estimate of drug-likeness (QED) is 0.235. The maximum absolute atomic E-state index is 13.2. The minimum atomic E-state index is -4.55. The first-order valence-corrected chi connectivity index (χ1v) is 11.5. The van der Waals surface area contributed by atoms with E-state index < -0.39 is 32.5 Å². The molecule has 0 unspecified atom stereocenters. The monoisotopic (exact) mass is 500 g/mol. The van der Waals surface area contributed by atoms with E-state index in [1.165, 1.54) is 36.4 Å². The number of para-hydroxylation sites is 1. The Kier molecular flexibility index (Phi) is 5.00. The number of hydrogen-bond acceptors (Lipinski definition) is 5. The summed E-state index contributed by atoms with van der Waals surface area (Å²) in [6.45, 7) is 0. The molecule has 1 aromatic heterocycles. The van der Waals surface area contributed by atoms with Gasteiger partial charge in [0, 0.05) is 11.6 Å². The SMILES string of the molecule is O=S(=O)(O)c1cc(O)c2c(ccc3[nH]c(-c4cccc(-c5cccc(C(F)(F)F)c5)c4O)nc32)c1. The molecule has 35 heavy (non-hydrogen) atoms. The van der Waals surface area contributed by atoms with Crippen LogP contribution < -0.4 is 0 Å². The number of nitrogens with one attached hydrogen (secondary N) is 1. The third-order valence-corrected chi connectivity index (χ3v) is 6.44. The normalized spacial score (nSPS) is 12.5. The Morgan fingerprint density at radius 2 is 1.60 bits per heavy atom. The van der Waals surface area contributed by atoms with Crippen molar-refractivity contribution in [3.8, 4) is 34.0 Å². The molecule has 0 atom stereocenters. The molecule has 0 radical (unpaired) electrons. The van der Waals surface area contributed by atoms with Crippen LogP contribution in [0.25, 0.3) is 44.3 Å². The first kappa shape index (κ1) is 22.7. The number of aromatic amines is 1. The zero-order valence-electron chi connectivity index (χ0n) is 17.5. The fourth-order valence-corrected chi connectivity index (χ4v) is 4.53. The molecule has 0 aliphatic carbocycles. The summed E-state index contributed by atoms with van der Waals surface area (Å²) in [4.78, 5) is 6.97. The molecule has 0 saturated heterocycles. The molecule has 0 aliphatic heterocycles. The summed E-state index contributed by atoms with van der Waals surface area (Å²) in [6, 6.07) is 14.3. The molecule has 4 aromatic carbocycles. The first-order chi connectivity index (χ1) is 16.4. The Morgan fingerprint density at radius 1 is 0.886 bits per heavy atom. The molecule has 0 bridgehead atoms. The highest BCUT2D eigenvalue weighted by Crippen LogP contribution is 2.41. The minimum absolute atomic E-state index is 0.163. The number of fused-ring (bicyclic) bond motifs is 3. The number of phenols is 2. The van der Waals surface area contributed by atoms with E-state index in [9.17, 15) is 36.4 Å². The van der Waals surface area contributed by atoms with Gasteiger partial charge in [0.05, 0.1) is 26.9 Å². The van der Waals surface area contributed by atoms with Crippen LogP contribution in [0, 0.1) is 0 Å². The van der Waals surface area contributed by atoms with Crippen molar-refractivity contribution in [3.05, 3.63) is 72.3 Å². The molecule has 5 rings (SSSR count). The summed E-state index contributed by atoms with van der Waals surface area (Å²) in [5.74, 6) is -0.550. The molecule has 0 aliphatic rings. The van der Waals surface area contributed by atoms with E-state index >= 15 is 0 Å². The number of benzene rings is 4. The summed E-state index contributed by atoms with van der Waals surface area (Å²) in [5.41, 5.74) is 0.399. The highest BCUT2D eigenvalue weighted by Gasteiger charge is 2.30. The third kappa shape index (κ3) is 3.94. The van der Waals surface area contributed by atoms with Crippen molar-refractivity contribution in [1.82, 2.24) is 9.97 Å². The van der Waals surface area contributed by atoms with Crippen LogP contribution in [0.3, 0.4) is 0 Å². The zero-order chi connectivity index (χ0) is 25.1. The molecule has 11 heteroatoms. The molecule has 178 valence electrons. The number of nitrogens with zero attached hydrogens (tertiary/aromatic N) is 1. The summed E-state index contributed by atoms with van der Waals surface area (Å²) < 4.78 is 71.7. The standard InChI is InChI=1S/C24H15F3N2O5S/c25-24(26,27)14-4-1-3-12(9-14)16-5-2-6-17(22(16)31)23-28-18-8-7-13-10-15(35(32,33)34)11-19(30)20(13)21(18)29-23/h1-11,30-31H,(H,28,29)(H,32,33,34). The molecule has 0 spiro atoms.